The van der Waals surface area contributed by atoms with Crippen LogP contribution < -0.4 is 10.6 Å². The van der Waals surface area contributed by atoms with Gasteiger partial charge in [0.05, 0.1) is 11.4 Å². The molecule has 0 spiro atoms. The summed E-state index contributed by atoms with van der Waals surface area (Å²) in [7, 11) is -3.31. The van der Waals surface area contributed by atoms with Crippen LogP contribution in [0.2, 0.25) is 0 Å². The number of benzene rings is 2. The van der Waals surface area contributed by atoms with E-state index in [1.54, 1.807) is 12.1 Å². The Morgan fingerprint density at radius 3 is 2.21 bits per heavy atom. The molecule has 2 aromatic rings. The molecule has 29 heavy (non-hydrogen) atoms. The Labute approximate surface area is 174 Å². The van der Waals surface area contributed by atoms with Gasteiger partial charge in [-0.15, -0.1) is 0 Å². The summed E-state index contributed by atoms with van der Waals surface area (Å²) in [4.78, 5) is 12.6. The molecule has 0 saturated carbocycles. The van der Waals surface area contributed by atoms with Gasteiger partial charge in [0.15, 0.2) is 9.84 Å². The monoisotopic (exact) mass is 416 g/mol. The van der Waals surface area contributed by atoms with Gasteiger partial charge in [-0.1, -0.05) is 58.0 Å². The maximum atomic E-state index is 12.4. The van der Waals surface area contributed by atoms with Gasteiger partial charge in [-0.2, -0.15) is 0 Å². The van der Waals surface area contributed by atoms with Crippen LogP contribution in [0.15, 0.2) is 53.4 Å². The molecule has 1 amide bonds. The number of carbonyl (C=O) groups excluding carboxylic acids is 1. The van der Waals surface area contributed by atoms with E-state index in [2.05, 4.69) is 62.6 Å². The lowest BCUT2D eigenvalue weighted by molar-refractivity contribution is -0.115. The summed E-state index contributed by atoms with van der Waals surface area (Å²) in [5.41, 5.74) is 2.94. The van der Waals surface area contributed by atoms with Crippen molar-refractivity contribution in [3.63, 3.8) is 0 Å². The van der Waals surface area contributed by atoms with Gasteiger partial charge in [-0.3, -0.25) is 4.79 Å². The quantitative estimate of drug-likeness (QED) is 0.642. The summed E-state index contributed by atoms with van der Waals surface area (Å²) in [6.45, 7) is 8.79. The Hall–Kier alpha value is -2.18. The summed E-state index contributed by atoms with van der Waals surface area (Å²) >= 11 is 0. The number of hydrogen-bond acceptors (Lipinski definition) is 4. The number of nitrogens with one attached hydrogen (secondary N) is 2. The number of hydrogen-bond donors (Lipinski definition) is 2. The van der Waals surface area contributed by atoms with Gasteiger partial charge < -0.3 is 10.6 Å². The molecule has 0 radical (unpaired) electrons. The second-order valence-electron chi connectivity index (χ2n) is 8.29. The maximum absolute atomic E-state index is 12.4. The molecule has 0 saturated heterocycles. The average Bonchev–Trinajstić information content (AvgIpc) is 2.62. The predicted octanol–water partition coefficient (Wildman–Crippen LogP) is 4.21. The number of anilines is 1. The van der Waals surface area contributed by atoms with Gasteiger partial charge >= 0.3 is 0 Å². The first kappa shape index (κ1) is 23.1. The molecule has 0 unspecified atom stereocenters. The minimum absolute atomic E-state index is 0.0520. The first-order chi connectivity index (χ1) is 13.6. The lowest BCUT2D eigenvalue weighted by Crippen LogP contribution is -2.33. The highest BCUT2D eigenvalue weighted by Gasteiger charge is 2.17. The molecule has 0 aromatic heterocycles. The van der Waals surface area contributed by atoms with E-state index in [0.717, 1.165) is 18.2 Å². The number of sulfone groups is 1. The first-order valence-corrected chi connectivity index (χ1v) is 11.9. The van der Waals surface area contributed by atoms with E-state index >= 15 is 0 Å². The number of amides is 1. The Morgan fingerprint density at radius 2 is 1.66 bits per heavy atom. The molecule has 0 aliphatic carbocycles. The van der Waals surface area contributed by atoms with Crippen LogP contribution in [0.1, 0.15) is 44.9 Å². The van der Waals surface area contributed by atoms with Crippen molar-refractivity contribution in [3.05, 3.63) is 59.7 Å². The molecular weight excluding hydrogens is 384 g/mol. The molecule has 0 aliphatic rings. The van der Waals surface area contributed by atoms with Crippen LogP contribution in [-0.2, 0) is 21.1 Å². The van der Waals surface area contributed by atoms with Crippen molar-refractivity contribution in [1.29, 1.82) is 0 Å². The van der Waals surface area contributed by atoms with Crippen molar-refractivity contribution < 1.29 is 13.2 Å². The van der Waals surface area contributed by atoms with Crippen LogP contribution in [0.25, 0.3) is 0 Å². The fourth-order valence-corrected chi connectivity index (χ4v) is 3.95. The Morgan fingerprint density at radius 1 is 1.00 bits per heavy atom. The van der Waals surface area contributed by atoms with Crippen molar-refractivity contribution in [1.82, 2.24) is 5.32 Å². The van der Waals surface area contributed by atoms with E-state index in [-0.39, 0.29) is 23.4 Å². The van der Waals surface area contributed by atoms with Crippen molar-refractivity contribution in [2.24, 2.45) is 11.8 Å². The Balaban J connectivity index is 2.01. The van der Waals surface area contributed by atoms with E-state index in [0.29, 0.717) is 17.5 Å². The van der Waals surface area contributed by atoms with Gasteiger partial charge in [-0.25, -0.2) is 8.42 Å². The topological polar surface area (TPSA) is 75.3 Å². The summed E-state index contributed by atoms with van der Waals surface area (Å²) in [5.74, 6) is 0.717. The van der Waals surface area contributed by atoms with E-state index in [9.17, 15) is 13.2 Å². The lowest BCUT2D eigenvalue weighted by atomic mass is 9.94. The largest absolute Gasteiger partial charge is 0.325 e. The minimum atomic E-state index is -3.31. The van der Waals surface area contributed by atoms with Crippen molar-refractivity contribution in [2.75, 3.05) is 18.1 Å². The molecule has 0 aliphatic heterocycles. The SMILES string of the molecule is CC(C)Cc1ccc([C@H](NCC(=O)Nc2cccc(S(C)(=O)=O)c2)C(C)C)cc1. The molecule has 158 valence electrons. The van der Waals surface area contributed by atoms with Gasteiger partial charge in [-0.05, 0) is 47.6 Å². The summed E-state index contributed by atoms with van der Waals surface area (Å²) in [6.07, 6.45) is 2.20. The standard InChI is InChI=1S/C23H32N2O3S/c1-16(2)13-18-9-11-19(12-10-18)23(17(3)4)24-15-22(26)25-20-7-6-8-21(14-20)29(5,27)28/h6-12,14,16-17,23-24H,13,15H2,1-5H3,(H,25,26)/t23-/m1/s1. The van der Waals surface area contributed by atoms with Crippen LogP contribution in [0.5, 0.6) is 0 Å². The third-order valence-corrected chi connectivity index (χ3v) is 5.79. The third-order valence-electron chi connectivity index (χ3n) is 4.68. The zero-order valence-electron chi connectivity index (χ0n) is 17.9. The second kappa shape index (κ2) is 10.0. The highest BCUT2D eigenvalue weighted by Crippen LogP contribution is 2.23. The van der Waals surface area contributed by atoms with Gasteiger partial charge in [0, 0.05) is 18.0 Å². The van der Waals surface area contributed by atoms with Crippen LogP contribution in [0.3, 0.4) is 0 Å². The second-order valence-corrected chi connectivity index (χ2v) is 10.3. The highest BCUT2D eigenvalue weighted by molar-refractivity contribution is 7.90. The van der Waals surface area contributed by atoms with Gasteiger partial charge in [0.25, 0.3) is 0 Å². The maximum Gasteiger partial charge on any atom is 0.238 e. The molecule has 0 fully saturated rings. The summed E-state index contributed by atoms with van der Waals surface area (Å²) in [5, 5.41) is 6.10. The molecule has 6 heteroatoms. The number of carbonyl (C=O) groups is 1. The predicted molar refractivity (Wildman–Crippen MR) is 119 cm³/mol. The minimum Gasteiger partial charge on any atom is -0.325 e. The third kappa shape index (κ3) is 7.29. The zero-order chi connectivity index (χ0) is 21.6. The van der Waals surface area contributed by atoms with E-state index < -0.39 is 9.84 Å². The Kier molecular flexibility index (Phi) is 7.99. The number of rotatable bonds is 9. The molecular formula is C23H32N2O3S. The van der Waals surface area contributed by atoms with Gasteiger partial charge in [0.1, 0.15) is 0 Å². The molecule has 5 nitrogen and oxygen atoms in total. The van der Waals surface area contributed by atoms with Crippen molar-refractivity contribution >= 4 is 21.4 Å². The lowest BCUT2D eigenvalue weighted by Gasteiger charge is -2.23. The van der Waals surface area contributed by atoms with E-state index in [1.807, 2.05) is 0 Å². The van der Waals surface area contributed by atoms with Crippen LogP contribution >= 0.6 is 0 Å². The van der Waals surface area contributed by atoms with Crippen molar-refractivity contribution in [2.45, 2.75) is 45.1 Å². The summed E-state index contributed by atoms with van der Waals surface area (Å²) in [6, 6.07) is 14.9. The molecule has 1 atom stereocenters. The fraction of sp³-hybridized carbons (Fsp3) is 0.435. The fourth-order valence-electron chi connectivity index (χ4n) is 3.28. The Bertz CT molecular complexity index is 919. The molecule has 0 heterocycles. The average molecular weight is 417 g/mol. The smallest absolute Gasteiger partial charge is 0.238 e. The van der Waals surface area contributed by atoms with Crippen molar-refractivity contribution in [3.8, 4) is 0 Å². The zero-order valence-corrected chi connectivity index (χ0v) is 18.7. The van der Waals surface area contributed by atoms with Crippen LogP contribution in [0.4, 0.5) is 5.69 Å². The van der Waals surface area contributed by atoms with Crippen LogP contribution in [0, 0.1) is 11.8 Å². The van der Waals surface area contributed by atoms with Gasteiger partial charge in [0.2, 0.25) is 5.91 Å². The molecule has 2 rings (SSSR count). The molecule has 2 N–H and O–H groups in total. The normalized spacial score (nSPS) is 12.9. The van der Waals surface area contributed by atoms with E-state index in [1.165, 1.54) is 17.7 Å². The first-order valence-electron chi connectivity index (χ1n) is 9.98. The molecule has 0 bridgehead atoms. The molecule has 2 aromatic carbocycles. The summed E-state index contributed by atoms with van der Waals surface area (Å²) < 4.78 is 23.4. The van der Waals surface area contributed by atoms with E-state index in [4.69, 9.17) is 0 Å². The van der Waals surface area contributed by atoms with Crippen LogP contribution in [-0.4, -0.2) is 27.1 Å². The highest BCUT2D eigenvalue weighted by atomic mass is 32.2.